The highest BCUT2D eigenvalue weighted by molar-refractivity contribution is 9.10. The number of nitrogens with zero attached hydrogens (tertiary/aromatic N) is 1. The van der Waals surface area contributed by atoms with Gasteiger partial charge < -0.3 is 14.8 Å². The molecule has 6 nitrogen and oxygen atoms in total. The standard InChI is InChI=1S/C14H21BrN2O4S/c1-9-7-17(8-10(2)16-9)22(18,19)14-6-13(21-4)12(20-3)5-11(14)15/h5-6,9-10,16H,7-8H2,1-4H3/t9-,10-/m1/s1. The molecule has 0 radical (unpaired) electrons. The van der Waals surface area contributed by atoms with Crippen LogP contribution in [0, 0.1) is 0 Å². The minimum atomic E-state index is -3.61. The number of hydrogen-bond donors (Lipinski definition) is 1. The van der Waals surface area contributed by atoms with Crippen molar-refractivity contribution in [2.45, 2.75) is 30.8 Å². The summed E-state index contributed by atoms with van der Waals surface area (Å²) in [4.78, 5) is 0.187. The first-order valence-corrected chi connectivity index (χ1v) is 9.20. The molecule has 124 valence electrons. The highest BCUT2D eigenvalue weighted by Crippen LogP contribution is 2.37. The second-order valence-corrected chi connectivity index (χ2v) is 8.19. The first-order chi connectivity index (χ1) is 10.3. The lowest BCUT2D eigenvalue weighted by Crippen LogP contribution is -2.55. The van der Waals surface area contributed by atoms with Gasteiger partial charge in [0.1, 0.15) is 4.90 Å². The Hall–Kier alpha value is -0.830. The summed E-state index contributed by atoms with van der Waals surface area (Å²) in [5, 5.41) is 3.33. The molecule has 1 aliphatic rings. The molecule has 0 amide bonds. The Labute approximate surface area is 140 Å². The van der Waals surface area contributed by atoms with Gasteiger partial charge in [0.05, 0.1) is 14.2 Å². The lowest BCUT2D eigenvalue weighted by Gasteiger charge is -2.35. The zero-order chi connectivity index (χ0) is 16.5. The van der Waals surface area contributed by atoms with Gasteiger partial charge in [-0.3, -0.25) is 0 Å². The van der Waals surface area contributed by atoms with Crippen molar-refractivity contribution in [3.8, 4) is 11.5 Å². The number of benzene rings is 1. The van der Waals surface area contributed by atoms with E-state index >= 15 is 0 Å². The fraction of sp³-hybridized carbons (Fsp3) is 0.571. The average Bonchev–Trinajstić information content (AvgIpc) is 2.45. The zero-order valence-corrected chi connectivity index (χ0v) is 15.5. The highest BCUT2D eigenvalue weighted by atomic mass is 79.9. The Morgan fingerprint density at radius 1 is 1.14 bits per heavy atom. The lowest BCUT2D eigenvalue weighted by atomic mass is 10.2. The molecule has 0 aromatic heterocycles. The molecule has 1 heterocycles. The van der Waals surface area contributed by atoms with Crippen molar-refractivity contribution >= 4 is 26.0 Å². The van der Waals surface area contributed by atoms with E-state index in [-0.39, 0.29) is 17.0 Å². The largest absolute Gasteiger partial charge is 0.493 e. The maximum absolute atomic E-state index is 12.9. The maximum Gasteiger partial charge on any atom is 0.244 e. The summed E-state index contributed by atoms with van der Waals surface area (Å²) in [6.45, 7) is 4.82. The number of methoxy groups -OCH3 is 2. The minimum Gasteiger partial charge on any atom is -0.493 e. The molecule has 0 saturated carbocycles. The van der Waals surface area contributed by atoms with Gasteiger partial charge >= 0.3 is 0 Å². The summed E-state index contributed by atoms with van der Waals surface area (Å²) in [5.41, 5.74) is 0. The fourth-order valence-corrected chi connectivity index (χ4v) is 5.26. The van der Waals surface area contributed by atoms with E-state index in [1.54, 1.807) is 6.07 Å². The van der Waals surface area contributed by atoms with E-state index in [0.29, 0.717) is 29.1 Å². The third kappa shape index (κ3) is 3.40. The molecule has 1 aromatic rings. The van der Waals surface area contributed by atoms with Crippen LogP contribution in [0.1, 0.15) is 13.8 Å². The zero-order valence-electron chi connectivity index (χ0n) is 13.1. The Morgan fingerprint density at radius 3 is 2.14 bits per heavy atom. The van der Waals surface area contributed by atoms with Gasteiger partial charge in [-0.05, 0) is 35.8 Å². The van der Waals surface area contributed by atoms with Crippen molar-refractivity contribution in [3.05, 3.63) is 16.6 Å². The average molecular weight is 393 g/mol. The van der Waals surface area contributed by atoms with Crippen LogP contribution in [0.5, 0.6) is 11.5 Å². The van der Waals surface area contributed by atoms with Crippen molar-refractivity contribution in [2.75, 3.05) is 27.3 Å². The first-order valence-electron chi connectivity index (χ1n) is 6.97. The summed E-state index contributed by atoms with van der Waals surface area (Å²) in [7, 11) is -0.610. The van der Waals surface area contributed by atoms with Crippen LogP contribution in [0.3, 0.4) is 0 Å². The smallest absolute Gasteiger partial charge is 0.244 e. The van der Waals surface area contributed by atoms with E-state index in [0.717, 1.165) is 0 Å². The molecule has 1 aliphatic heterocycles. The Kier molecular flexibility index (Phi) is 5.37. The number of ether oxygens (including phenoxy) is 2. The van der Waals surface area contributed by atoms with Gasteiger partial charge in [0, 0.05) is 35.7 Å². The molecular formula is C14H21BrN2O4S. The van der Waals surface area contributed by atoms with Crippen LogP contribution in [0.25, 0.3) is 0 Å². The molecule has 1 N–H and O–H groups in total. The summed E-state index contributed by atoms with van der Waals surface area (Å²) in [6.07, 6.45) is 0. The molecule has 1 saturated heterocycles. The molecule has 1 fully saturated rings. The third-order valence-electron chi connectivity index (χ3n) is 3.58. The SMILES string of the molecule is COc1cc(Br)c(S(=O)(=O)N2C[C@@H](C)N[C@H](C)C2)cc1OC. The van der Waals surface area contributed by atoms with Gasteiger partial charge in [0.25, 0.3) is 0 Å². The molecule has 8 heteroatoms. The second-order valence-electron chi connectivity index (χ2n) is 5.43. The summed E-state index contributed by atoms with van der Waals surface area (Å²) >= 11 is 3.33. The first kappa shape index (κ1) is 17.5. The number of nitrogens with one attached hydrogen (secondary N) is 1. The van der Waals surface area contributed by atoms with E-state index < -0.39 is 10.0 Å². The summed E-state index contributed by atoms with van der Waals surface area (Å²) < 4.78 is 38.3. The van der Waals surface area contributed by atoms with Gasteiger partial charge in [-0.15, -0.1) is 0 Å². The Bertz CT molecular complexity index is 640. The van der Waals surface area contributed by atoms with Crippen LogP contribution in [0.15, 0.2) is 21.5 Å². The second kappa shape index (κ2) is 6.74. The van der Waals surface area contributed by atoms with Crippen LogP contribution in [0.2, 0.25) is 0 Å². The number of hydrogen-bond acceptors (Lipinski definition) is 5. The van der Waals surface area contributed by atoms with Crippen LogP contribution < -0.4 is 14.8 Å². The van der Waals surface area contributed by atoms with Gasteiger partial charge in [-0.1, -0.05) is 0 Å². The molecule has 22 heavy (non-hydrogen) atoms. The molecule has 0 spiro atoms. The summed E-state index contributed by atoms with van der Waals surface area (Å²) in [6, 6.07) is 3.33. The van der Waals surface area contributed by atoms with E-state index in [1.165, 1.54) is 24.6 Å². The Balaban J connectivity index is 2.45. The fourth-order valence-electron chi connectivity index (χ4n) is 2.65. The van der Waals surface area contributed by atoms with Crippen LogP contribution >= 0.6 is 15.9 Å². The molecular weight excluding hydrogens is 372 g/mol. The predicted octanol–water partition coefficient (Wildman–Crippen LogP) is 1.84. The van der Waals surface area contributed by atoms with Crippen LogP contribution in [-0.4, -0.2) is 52.1 Å². The lowest BCUT2D eigenvalue weighted by molar-refractivity contribution is 0.262. The monoisotopic (exact) mass is 392 g/mol. The predicted molar refractivity (Wildman–Crippen MR) is 88.1 cm³/mol. The van der Waals surface area contributed by atoms with Crippen molar-refractivity contribution in [2.24, 2.45) is 0 Å². The van der Waals surface area contributed by atoms with E-state index in [1.807, 2.05) is 13.8 Å². The molecule has 1 aromatic carbocycles. The number of piperazine rings is 1. The van der Waals surface area contributed by atoms with Crippen molar-refractivity contribution in [1.29, 1.82) is 0 Å². The Morgan fingerprint density at radius 2 is 1.64 bits per heavy atom. The molecule has 0 unspecified atom stereocenters. The number of rotatable bonds is 4. The quantitative estimate of drug-likeness (QED) is 0.846. The van der Waals surface area contributed by atoms with E-state index in [2.05, 4.69) is 21.2 Å². The molecule has 2 rings (SSSR count). The van der Waals surface area contributed by atoms with Crippen molar-refractivity contribution in [1.82, 2.24) is 9.62 Å². The maximum atomic E-state index is 12.9. The molecule has 2 atom stereocenters. The van der Waals surface area contributed by atoms with E-state index in [9.17, 15) is 8.42 Å². The van der Waals surface area contributed by atoms with E-state index in [4.69, 9.17) is 9.47 Å². The van der Waals surface area contributed by atoms with Crippen molar-refractivity contribution in [3.63, 3.8) is 0 Å². The topological polar surface area (TPSA) is 67.9 Å². The van der Waals surface area contributed by atoms with Crippen LogP contribution in [-0.2, 0) is 10.0 Å². The van der Waals surface area contributed by atoms with Gasteiger partial charge in [0.2, 0.25) is 10.0 Å². The molecule has 0 bridgehead atoms. The minimum absolute atomic E-state index is 0.109. The van der Waals surface area contributed by atoms with Crippen LogP contribution in [0.4, 0.5) is 0 Å². The third-order valence-corrected chi connectivity index (χ3v) is 6.37. The number of halogens is 1. The van der Waals surface area contributed by atoms with Crippen molar-refractivity contribution < 1.29 is 17.9 Å². The highest BCUT2D eigenvalue weighted by Gasteiger charge is 2.33. The van der Waals surface area contributed by atoms with Gasteiger partial charge in [-0.25, -0.2) is 8.42 Å². The number of sulfonamides is 1. The summed E-state index contributed by atoms with van der Waals surface area (Å²) in [5.74, 6) is 0.871. The normalized spacial score (nSPS) is 23.3. The molecule has 0 aliphatic carbocycles. The van der Waals surface area contributed by atoms with Gasteiger partial charge in [0.15, 0.2) is 11.5 Å². The van der Waals surface area contributed by atoms with Gasteiger partial charge in [-0.2, -0.15) is 4.31 Å².